The Kier molecular flexibility index (Phi) is 3.36. The van der Waals surface area contributed by atoms with Crippen LogP contribution in [0.5, 0.6) is 0 Å². The van der Waals surface area contributed by atoms with Crippen LogP contribution in [0.15, 0.2) is 47.2 Å². The van der Waals surface area contributed by atoms with Gasteiger partial charge in [0.2, 0.25) is 0 Å². The Labute approximate surface area is 123 Å². The molecule has 0 aliphatic rings. The van der Waals surface area contributed by atoms with Gasteiger partial charge in [-0.05, 0) is 35.9 Å². The number of carbonyl (C=O) groups excluding carboxylic acids is 1. The van der Waals surface area contributed by atoms with Crippen molar-refractivity contribution in [1.29, 1.82) is 0 Å². The number of rotatable bonds is 3. The van der Waals surface area contributed by atoms with Crippen LogP contribution in [0.3, 0.4) is 0 Å². The van der Waals surface area contributed by atoms with E-state index in [4.69, 9.17) is 0 Å². The minimum atomic E-state index is -0.297. The predicted molar refractivity (Wildman–Crippen MR) is 78.3 cm³/mol. The van der Waals surface area contributed by atoms with Gasteiger partial charge in [0.25, 0.3) is 0 Å². The minimum Gasteiger partial charge on any atom is -0.327 e. The van der Waals surface area contributed by atoms with E-state index < -0.39 is 0 Å². The Morgan fingerprint density at radius 1 is 1.35 bits per heavy atom. The summed E-state index contributed by atoms with van der Waals surface area (Å²) in [4.78, 5) is 15.4. The number of carbonyl (C=O) groups is 1. The molecule has 3 aromatic rings. The number of aldehydes is 1. The van der Waals surface area contributed by atoms with Crippen molar-refractivity contribution in [2.75, 3.05) is 0 Å². The number of hydrogen-bond acceptors (Lipinski definition) is 2. The topological polar surface area (TPSA) is 34.9 Å². The lowest BCUT2D eigenvalue weighted by atomic mass is 10.2. The second-order valence-corrected chi connectivity index (χ2v) is 5.40. The maximum Gasteiger partial charge on any atom is 0.152 e. The molecular weight excluding hydrogens is 323 g/mol. The van der Waals surface area contributed by atoms with Gasteiger partial charge >= 0.3 is 0 Å². The average molecular weight is 333 g/mol. The molecule has 0 spiro atoms. The molecule has 100 valence electrons. The van der Waals surface area contributed by atoms with Crippen LogP contribution >= 0.6 is 15.9 Å². The first-order valence-corrected chi connectivity index (χ1v) is 6.80. The zero-order valence-electron chi connectivity index (χ0n) is 10.4. The van der Waals surface area contributed by atoms with Gasteiger partial charge < -0.3 is 4.57 Å². The summed E-state index contributed by atoms with van der Waals surface area (Å²) in [5.74, 6) is -0.297. The smallest absolute Gasteiger partial charge is 0.152 e. The molecule has 0 radical (unpaired) electrons. The third-order valence-electron chi connectivity index (χ3n) is 3.07. The van der Waals surface area contributed by atoms with Gasteiger partial charge in [0, 0.05) is 34.4 Å². The minimum absolute atomic E-state index is 0.297. The van der Waals surface area contributed by atoms with E-state index in [-0.39, 0.29) is 5.82 Å². The molecule has 20 heavy (non-hydrogen) atoms. The first-order chi connectivity index (χ1) is 9.67. The molecule has 0 saturated heterocycles. The number of halogens is 2. The van der Waals surface area contributed by atoms with Gasteiger partial charge in [-0.15, -0.1) is 0 Å². The van der Waals surface area contributed by atoms with Gasteiger partial charge in [-0.1, -0.05) is 15.9 Å². The number of fused-ring (bicyclic) bond motifs is 1. The maximum absolute atomic E-state index is 13.4. The molecule has 0 bridgehead atoms. The van der Waals surface area contributed by atoms with Crippen LogP contribution in [0.4, 0.5) is 4.39 Å². The van der Waals surface area contributed by atoms with Crippen LogP contribution in [0.25, 0.3) is 11.0 Å². The van der Waals surface area contributed by atoms with Gasteiger partial charge in [0.1, 0.15) is 11.5 Å². The van der Waals surface area contributed by atoms with E-state index in [1.54, 1.807) is 18.5 Å². The molecule has 0 aliphatic carbocycles. The highest BCUT2D eigenvalue weighted by molar-refractivity contribution is 9.10. The molecular formula is C15H10BrFN2O. The fraction of sp³-hybridized carbons (Fsp3) is 0.0667. The van der Waals surface area contributed by atoms with Crippen LogP contribution in [0, 0.1) is 5.82 Å². The van der Waals surface area contributed by atoms with E-state index in [1.165, 1.54) is 12.1 Å². The Morgan fingerprint density at radius 3 is 2.95 bits per heavy atom. The summed E-state index contributed by atoms with van der Waals surface area (Å²) >= 11 is 3.27. The molecule has 5 heteroatoms. The van der Waals surface area contributed by atoms with Crippen molar-refractivity contribution in [2.24, 2.45) is 0 Å². The molecule has 0 fully saturated rings. The fourth-order valence-corrected chi connectivity index (χ4v) is 2.78. The van der Waals surface area contributed by atoms with Crippen LogP contribution in [-0.2, 0) is 6.54 Å². The number of pyridine rings is 1. The van der Waals surface area contributed by atoms with Crippen LogP contribution in [-0.4, -0.2) is 15.8 Å². The summed E-state index contributed by atoms with van der Waals surface area (Å²) in [6.45, 7) is 0.456. The zero-order valence-corrected chi connectivity index (χ0v) is 12.0. The summed E-state index contributed by atoms with van der Waals surface area (Å²) in [5, 5.41) is 0.804. The normalized spacial score (nSPS) is 10.9. The second kappa shape index (κ2) is 5.17. The molecule has 3 rings (SSSR count). The van der Waals surface area contributed by atoms with Gasteiger partial charge in [0.15, 0.2) is 6.29 Å². The third kappa shape index (κ3) is 2.36. The van der Waals surface area contributed by atoms with E-state index in [0.717, 1.165) is 22.9 Å². The Bertz CT molecular complexity index is 777. The zero-order chi connectivity index (χ0) is 14.1. The van der Waals surface area contributed by atoms with Crippen molar-refractivity contribution in [3.8, 4) is 0 Å². The first-order valence-electron chi connectivity index (χ1n) is 6.01. The monoisotopic (exact) mass is 332 g/mol. The largest absolute Gasteiger partial charge is 0.327 e. The van der Waals surface area contributed by atoms with Gasteiger partial charge in [0.05, 0.1) is 0 Å². The lowest BCUT2D eigenvalue weighted by molar-refractivity contribution is 0.112. The van der Waals surface area contributed by atoms with Gasteiger partial charge in [-0.2, -0.15) is 0 Å². The van der Waals surface area contributed by atoms with Crippen molar-refractivity contribution in [1.82, 2.24) is 9.55 Å². The van der Waals surface area contributed by atoms with Crippen molar-refractivity contribution in [2.45, 2.75) is 6.54 Å². The number of benzene rings is 1. The molecule has 1 aromatic carbocycles. The standard InChI is InChI=1S/C15H10BrFN2O/c16-12-4-10(5-13(17)6-12)7-19-8-11(9-20)14-2-1-3-18-15(14)19/h1-6,8-9H,7H2. The highest BCUT2D eigenvalue weighted by Gasteiger charge is 2.09. The van der Waals surface area contributed by atoms with Crippen LogP contribution in [0.2, 0.25) is 0 Å². The molecule has 2 aromatic heterocycles. The Morgan fingerprint density at radius 2 is 2.20 bits per heavy atom. The molecule has 2 heterocycles. The Hall–Kier alpha value is -2.01. The number of nitrogens with zero attached hydrogens (tertiary/aromatic N) is 2. The second-order valence-electron chi connectivity index (χ2n) is 4.48. The van der Waals surface area contributed by atoms with Crippen molar-refractivity contribution < 1.29 is 9.18 Å². The maximum atomic E-state index is 13.4. The SMILES string of the molecule is O=Cc1cn(Cc2cc(F)cc(Br)c2)c2ncccc12. The summed E-state index contributed by atoms with van der Waals surface area (Å²) in [7, 11) is 0. The lowest BCUT2D eigenvalue weighted by Crippen LogP contribution is -1.99. The number of aromatic nitrogens is 2. The predicted octanol–water partition coefficient (Wildman–Crippen LogP) is 3.80. The van der Waals surface area contributed by atoms with E-state index in [2.05, 4.69) is 20.9 Å². The fourth-order valence-electron chi connectivity index (χ4n) is 2.26. The molecule has 0 atom stereocenters. The summed E-state index contributed by atoms with van der Waals surface area (Å²) < 4.78 is 15.9. The van der Waals surface area contributed by atoms with E-state index in [1.807, 2.05) is 16.7 Å². The number of hydrogen-bond donors (Lipinski definition) is 0. The van der Waals surface area contributed by atoms with Crippen molar-refractivity contribution in [3.63, 3.8) is 0 Å². The van der Waals surface area contributed by atoms with Crippen LogP contribution < -0.4 is 0 Å². The van der Waals surface area contributed by atoms with Crippen LogP contribution in [0.1, 0.15) is 15.9 Å². The average Bonchev–Trinajstić information content (AvgIpc) is 2.76. The quantitative estimate of drug-likeness (QED) is 0.684. The summed E-state index contributed by atoms with van der Waals surface area (Å²) in [5.41, 5.74) is 2.11. The summed E-state index contributed by atoms with van der Waals surface area (Å²) in [6.07, 6.45) is 4.22. The molecule has 0 aliphatic heterocycles. The van der Waals surface area contributed by atoms with E-state index in [0.29, 0.717) is 16.6 Å². The highest BCUT2D eigenvalue weighted by atomic mass is 79.9. The van der Waals surface area contributed by atoms with Gasteiger partial charge in [-0.25, -0.2) is 9.37 Å². The van der Waals surface area contributed by atoms with E-state index in [9.17, 15) is 9.18 Å². The summed E-state index contributed by atoms with van der Waals surface area (Å²) in [6, 6.07) is 8.37. The molecule has 0 unspecified atom stereocenters. The third-order valence-corrected chi connectivity index (χ3v) is 3.52. The Balaban J connectivity index is 2.08. The first kappa shape index (κ1) is 13.0. The molecule has 0 N–H and O–H groups in total. The molecule has 0 saturated carbocycles. The van der Waals surface area contributed by atoms with Crippen molar-refractivity contribution in [3.05, 3.63) is 64.1 Å². The molecule has 0 amide bonds. The highest BCUT2D eigenvalue weighted by Crippen LogP contribution is 2.21. The van der Waals surface area contributed by atoms with Gasteiger partial charge in [-0.3, -0.25) is 4.79 Å². The van der Waals surface area contributed by atoms with E-state index >= 15 is 0 Å². The lowest BCUT2D eigenvalue weighted by Gasteiger charge is -2.05. The molecule has 3 nitrogen and oxygen atoms in total. The van der Waals surface area contributed by atoms with Crippen molar-refractivity contribution >= 4 is 33.2 Å².